The van der Waals surface area contributed by atoms with E-state index in [0.29, 0.717) is 36.0 Å². The van der Waals surface area contributed by atoms with Crippen molar-refractivity contribution in [1.82, 2.24) is 9.97 Å². The Balaban J connectivity index is 1.97. The van der Waals surface area contributed by atoms with Gasteiger partial charge in [-0.15, -0.1) is 0 Å². The van der Waals surface area contributed by atoms with Gasteiger partial charge in [-0.2, -0.15) is 0 Å². The molecule has 0 saturated carbocycles. The number of hydrogen-bond donors (Lipinski definition) is 2. The second-order valence-electron chi connectivity index (χ2n) is 5.91. The normalized spacial score (nSPS) is 10.6. The van der Waals surface area contributed by atoms with Gasteiger partial charge in [-0.1, -0.05) is 24.8 Å². The van der Waals surface area contributed by atoms with E-state index in [9.17, 15) is 0 Å². The second kappa shape index (κ2) is 9.68. The molecule has 2 N–H and O–H groups in total. The Morgan fingerprint density at radius 3 is 2.68 bits per heavy atom. The highest BCUT2D eigenvalue weighted by Crippen LogP contribution is 2.35. The summed E-state index contributed by atoms with van der Waals surface area (Å²) in [6.07, 6.45) is 3.28. The van der Waals surface area contributed by atoms with Crippen LogP contribution >= 0.6 is 0 Å². The lowest BCUT2D eigenvalue weighted by Gasteiger charge is -2.15. The van der Waals surface area contributed by atoms with Crippen molar-refractivity contribution in [2.24, 2.45) is 0 Å². The lowest BCUT2D eigenvalue weighted by atomic mass is 10.1. The highest BCUT2D eigenvalue weighted by Gasteiger charge is 2.13. The molecule has 0 aliphatic rings. The van der Waals surface area contributed by atoms with Crippen molar-refractivity contribution >= 4 is 28.5 Å². The van der Waals surface area contributed by atoms with E-state index < -0.39 is 0 Å². The van der Waals surface area contributed by atoms with Gasteiger partial charge < -0.3 is 24.6 Å². The lowest BCUT2D eigenvalue weighted by molar-refractivity contribution is 0.141. The highest BCUT2D eigenvalue weighted by molar-refractivity contribution is 5.93. The maximum Gasteiger partial charge on any atom is 0.163 e. The van der Waals surface area contributed by atoms with Crippen molar-refractivity contribution in [3.05, 3.63) is 54.9 Å². The van der Waals surface area contributed by atoms with Gasteiger partial charge in [0.25, 0.3) is 0 Å². The zero-order valence-electron chi connectivity index (χ0n) is 15.7. The molecule has 28 heavy (non-hydrogen) atoms. The Hall–Kier alpha value is -3.16. The molecule has 0 aliphatic heterocycles. The minimum atomic E-state index is -0.0969. The van der Waals surface area contributed by atoms with Crippen molar-refractivity contribution in [2.45, 2.75) is 0 Å². The number of methoxy groups -OCH3 is 1. The van der Waals surface area contributed by atoms with Gasteiger partial charge in [0.15, 0.2) is 11.5 Å². The van der Waals surface area contributed by atoms with Crippen molar-refractivity contribution in [3.63, 3.8) is 0 Å². The van der Waals surface area contributed by atoms with E-state index in [4.69, 9.17) is 19.3 Å². The summed E-state index contributed by atoms with van der Waals surface area (Å²) in [6.45, 7) is 4.69. The first-order valence-electron chi connectivity index (χ1n) is 8.89. The van der Waals surface area contributed by atoms with Crippen LogP contribution in [0, 0.1) is 0 Å². The average Bonchev–Trinajstić information content (AvgIpc) is 2.73. The number of nitrogens with one attached hydrogen (secondary N) is 1. The van der Waals surface area contributed by atoms with Crippen molar-refractivity contribution in [2.75, 3.05) is 38.9 Å². The highest BCUT2D eigenvalue weighted by atomic mass is 16.5. The summed E-state index contributed by atoms with van der Waals surface area (Å²) in [4.78, 5) is 8.71. The molecule has 0 unspecified atom stereocenters. The maximum absolute atomic E-state index is 9.11. The Bertz CT molecular complexity index is 946. The molecule has 0 radical (unpaired) electrons. The fraction of sp³-hybridized carbons (Fsp3) is 0.238. The Labute approximate surface area is 163 Å². The summed E-state index contributed by atoms with van der Waals surface area (Å²) in [7, 11) is 1.61. The van der Waals surface area contributed by atoms with Crippen LogP contribution in [0.15, 0.2) is 49.3 Å². The Morgan fingerprint density at radius 1 is 1.07 bits per heavy atom. The number of ether oxygens (including phenoxy) is 3. The maximum atomic E-state index is 9.11. The third-order valence-electron chi connectivity index (χ3n) is 3.98. The molecular formula is C21H23N3O4. The van der Waals surface area contributed by atoms with E-state index in [0.717, 1.165) is 16.6 Å². The van der Waals surface area contributed by atoms with Crippen LogP contribution in [0.4, 0.5) is 11.5 Å². The van der Waals surface area contributed by atoms with Crippen LogP contribution in [0.3, 0.4) is 0 Å². The van der Waals surface area contributed by atoms with E-state index in [1.165, 1.54) is 6.33 Å². The molecular weight excluding hydrogens is 358 g/mol. The van der Waals surface area contributed by atoms with E-state index in [1.807, 2.05) is 30.3 Å². The molecule has 3 rings (SSSR count). The number of aliphatic hydroxyl groups is 1. The number of aliphatic hydroxyl groups excluding tert-OH is 1. The first kappa shape index (κ1) is 19.6. The van der Waals surface area contributed by atoms with Crippen LogP contribution in [0.25, 0.3) is 17.0 Å². The van der Waals surface area contributed by atoms with Gasteiger partial charge in [-0.25, -0.2) is 9.97 Å². The first-order valence-corrected chi connectivity index (χ1v) is 8.89. The zero-order chi connectivity index (χ0) is 19.8. The van der Waals surface area contributed by atoms with Crippen LogP contribution in [0.2, 0.25) is 0 Å². The van der Waals surface area contributed by atoms with Gasteiger partial charge in [0.1, 0.15) is 25.4 Å². The Kier molecular flexibility index (Phi) is 6.78. The molecule has 0 bridgehead atoms. The summed E-state index contributed by atoms with van der Waals surface area (Å²) < 4.78 is 16.4. The molecule has 146 valence electrons. The van der Waals surface area contributed by atoms with E-state index in [-0.39, 0.29) is 13.2 Å². The minimum absolute atomic E-state index is 0.0969. The number of benzene rings is 2. The van der Waals surface area contributed by atoms with Crippen LogP contribution in [0.5, 0.6) is 11.5 Å². The van der Waals surface area contributed by atoms with Gasteiger partial charge in [-0.05, 0) is 23.8 Å². The third-order valence-corrected chi connectivity index (χ3v) is 3.98. The van der Waals surface area contributed by atoms with Gasteiger partial charge in [0, 0.05) is 24.2 Å². The Morgan fingerprint density at radius 2 is 1.89 bits per heavy atom. The van der Waals surface area contributed by atoms with E-state index >= 15 is 0 Å². The average molecular weight is 381 g/mol. The topological polar surface area (TPSA) is 85.7 Å². The summed E-state index contributed by atoms with van der Waals surface area (Å²) in [5.74, 6) is 1.69. The fourth-order valence-electron chi connectivity index (χ4n) is 2.66. The van der Waals surface area contributed by atoms with Crippen LogP contribution in [0.1, 0.15) is 5.56 Å². The van der Waals surface area contributed by atoms with E-state index in [2.05, 4.69) is 21.9 Å². The predicted molar refractivity (Wildman–Crippen MR) is 109 cm³/mol. The van der Waals surface area contributed by atoms with Crippen molar-refractivity contribution in [3.8, 4) is 11.5 Å². The van der Waals surface area contributed by atoms with Crippen molar-refractivity contribution in [1.29, 1.82) is 0 Å². The molecule has 7 heteroatoms. The fourth-order valence-corrected chi connectivity index (χ4v) is 2.66. The van der Waals surface area contributed by atoms with Crippen LogP contribution < -0.4 is 14.8 Å². The van der Waals surface area contributed by atoms with Crippen LogP contribution in [-0.2, 0) is 4.74 Å². The molecule has 1 heterocycles. The molecule has 7 nitrogen and oxygen atoms in total. The van der Waals surface area contributed by atoms with Crippen LogP contribution in [-0.4, -0.2) is 48.6 Å². The lowest BCUT2D eigenvalue weighted by Crippen LogP contribution is -2.08. The third kappa shape index (κ3) is 4.76. The SMILES string of the molecule is C=Cc1cccc(Nc2ncnc3cc(OCCOC)c(OCCO)cc23)c1. The standard InChI is InChI=1S/C21H23N3O4/c1-3-15-5-4-6-16(11-15)24-21-17-12-19(27-8-7-25)20(28-10-9-26-2)13-18(17)22-14-23-21/h3-6,11-14,25H,1,7-10H2,2H3,(H,22,23,24). The van der Waals surface area contributed by atoms with Gasteiger partial charge in [-0.3, -0.25) is 0 Å². The molecule has 2 aromatic carbocycles. The minimum Gasteiger partial charge on any atom is -0.487 e. The largest absolute Gasteiger partial charge is 0.487 e. The molecule has 0 spiro atoms. The predicted octanol–water partition coefficient (Wildman–Crippen LogP) is 3.41. The zero-order valence-corrected chi connectivity index (χ0v) is 15.7. The quantitative estimate of drug-likeness (QED) is 0.521. The molecule has 3 aromatic rings. The summed E-state index contributed by atoms with van der Waals surface area (Å²) in [5.41, 5.74) is 2.60. The smallest absolute Gasteiger partial charge is 0.163 e. The number of fused-ring (bicyclic) bond motifs is 1. The van der Waals surface area contributed by atoms with E-state index in [1.54, 1.807) is 19.3 Å². The van der Waals surface area contributed by atoms with Crippen molar-refractivity contribution < 1.29 is 19.3 Å². The summed E-state index contributed by atoms with van der Waals surface area (Å²) in [5, 5.41) is 13.2. The summed E-state index contributed by atoms with van der Waals surface area (Å²) in [6, 6.07) is 11.5. The molecule has 0 amide bonds. The number of nitrogens with zero attached hydrogens (tertiary/aromatic N) is 2. The number of hydrogen-bond acceptors (Lipinski definition) is 7. The number of rotatable bonds is 10. The second-order valence-corrected chi connectivity index (χ2v) is 5.91. The van der Waals surface area contributed by atoms with Gasteiger partial charge in [0.05, 0.1) is 18.7 Å². The molecule has 0 fully saturated rings. The first-order chi connectivity index (χ1) is 13.7. The summed E-state index contributed by atoms with van der Waals surface area (Å²) >= 11 is 0. The molecule has 0 atom stereocenters. The number of aromatic nitrogens is 2. The molecule has 0 saturated heterocycles. The molecule has 1 aromatic heterocycles. The van der Waals surface area contributed by atoms with Gasteiger partial charge >= 0.3 is 0 Å². The van der Waals surface area contributed by atoms with Gasteiger partial charge in [0.2, 0.25) is 0 Å². The monoisotopic (exact) mass is 381 g/mol. The number of anilines is 2. The molecule has 0 aliphatic carbocycles.